The molecule has 13 heavy (non-hydrogen) atoms. The van der Waals surface area contributed by atoms with E-state index < -0.39 is 0 Å². The van der Waals surface area contributed by atoms with Crippen LogP contribution in [0.1, 0.15) is 46.0 Å². The molecule has 0 aromatic carbocycles. The Labute approximate surface area is 81.2 Å². The summed E-state index contributed by atoms with van der Waals surface area (Å²) in [6.07, 6.45) is 6.00. The summed E-state index contributed by atoms with van der Waals surface area (Å²) in [5.41, 5.74) is 1.01. The molecule has 1 atom stereocenters. The van der Waals surface area contributed by atoms with Crippen molar-refractivity contribution in [1.82, 2.24) is 0 Å². The molecule has 0 saturated heterocycles. The van der Waals surface area contributed by atoms with Crippen LogP contribution in [-0.2, 0) is 4.79 Å². The topological polar surface area (TPSA) is 17.1 Å². The van der Waals surface area contributed by atoms with Gasteiger partial charge >= 0.3 is 0 Å². The van der Waals surface area contributed by atoms with Crippen LogP contribution in [0.2, 0.25) is 0 Å². The first-order valence-electron chi connectivity index (χ1n) is 5.32. The van der Waals surface area contributed by atoms with E-state index in [0.29, 0.717) is 11.7 Å². The third-order valence-electron chi connectivity index (χ3n) is 3.17. The van der Waals surface area contributed by atoms with Gasteiger partial charge in [0.05, 0.1) is 0 Å². The van der Waals surface area contributed by atoms with Gasteiger partial charge in [-0.2, -0.15) is 0 Å². The van der Waals surface area contributed by atoms with Crippen LogP contribution >= 0.6 is 0 Å². The standard InChI is InChI=1S/C12H20O/c1-9(2)10(3)12(13)11-7-5-4-6-8-11/h10-11H,1,4-8H2,2-3H3. The molecular weight excluding hydrogens is 160 g/mol. The number of carbonyl (C=O) groups excluding carboxylic acids is 1. The number of carbonyl (C=O) groups is 1. The molecule has 0 bridgehead atoms. The van der Waals surface area contributed by atoms with Gasteiger partial charge in [-0.15, -0.1) is 0 Å². The van der Waals surface area contributed by atoms with Gasteiger partial charge in [0.15, 0.2) is 0 Å². The highest BCUT2D eigenvalue weighted by Gasteiger charge is 2.25. The molecule has 0 aromatic rings. The Bertz CT molecular complexity index is 199. The van der Waals surface area contributed by atoms with Gasteiger partial charge in [0.1, 0.15) is 5.78 Å². The van der Waals surface area contributed by atoms with Crippen molar-refractivity contribution in [3.05, 3.63) is 12.2 Å². The highest BCUT2D eigenvalue weighted by atomic mass is 16.1. The first-order valence-corrected chi connectivity index (χ1v) is 5.32. The minimum Gasteiger partial charge on any atom is -0.299 e. The highest BCUT2D eigenvalue weighted by molar-refractivity contribution is 5.85. The third-order valence-corrected chi connectivity index (χ3v) is 3.17. The van der Waals surface area contributed by atoms with Crippen molar-refractivity contribution in [3.63, 3.8) is 0 Å². The molecule has 1 fully saturated rings. The quantitative estimate of drug-likeness (QED) is 0.609. The molecular formula is C12H20O. The summed E-state index contributed by atoms with van der Waals surface area (Å²) in [7, 11) is 0. The third kappa shape index (κ3) is 2.68. The molecule has 0 aromatic heterocycles. The van der Waals surface area contributed by atoms with E-state index in [1.54, 1.807) is 0 Å². The molecule has 0 spiro atoms. The van der Waals surface area contributed by atoms with Crippen LogP contribution in [-0.4, -0.2) is 5.78 Å². The molecule has 1 aliphatic rings. The average molecular weight is 180 g/mol. The maximum Gasteiger partial charge on any atom is 0.142 e. The SMILES string of the molecule is C=C(C)C(C)C(=O)C1CCCCC1. The zero-order valence-electron chi connectivity index (χ0n) is 8.81. The smallest absolute Gasteiger partial charge is 0.142 e. The van der Waals surface area contributed by atoms with Crippen LogP contribution in [0.4, 0.5) is 0 Å². The minimum absolute atomic E-state index is 0.0723. The van der Waals surface area contributed by atoms with Gasteiger partial charge in [-0.1, -0.05) is 38.3 Å². The lowest BCUT2D eigenvalue weighted by molar-refractivity contribution is -0.126. The number of hydrogen-bond acceptors (Lipinski definition) is 1. The number of hydrogen-bond donors (Lipinski definition) is 0. The van der Waals surface area contributed by atoms with Crippen molar-refractivity contribution in [2.45, 2.75) is 46.0 Å². The van der Waals surface area contributed by atoms with Gasteiger partial charge in [0.2, 0.25) is 0 Å². The van der Waals surface area contributed by atoms with E-state index in [9.17, 15) is 4.79 Å². The van der Waals surface area contributed by atoms with Crippen LogP contribution in [0.25, 0.3) is 0 Å². The van der Waals surface area contributed by atoms with Gasteiger partial charge in [0, 0.05) is 11.8 Å². The van der Waals surface area contributed by atoms with Gasteiger partial charge in [-0.25, -0.2) is 0 Å². The number of ketones is 1. The molecule has 1 unspecified atom stereocenters. The molecule has 1 rings (SSSR count). The van der Waals surface area contributed by atoms with Gasteiger partial charge in [-0.3, -0.25) is 4.79 Å². The van der Waals surface area contributed by atoms with E-state index in [1.165, 1.54) is 19.3 Å². The summed E-state index contributed by atoms with van der Waals surface area (Å²) < 4.78 is 0. The Balaban J connectivity index is 2.50. The molecule has 0 aliphatic heterocycles. The predicted octanol–water partition coefficient (Wildman–Crippen LogP) is 3.35. The maximum atomic E-state index is 11.9. The number of Topliss-reactive ketones (excluding diaryl/α,β-unsaturated/α-hetero) is 1. The molecule has 0 heterocycles. The number of rotatable bonds is 3. The second kappa shape index (κ2) is 4.59. The van der Waals surface area contributed by atoms with Crippen molar-refractivity contribution >= 4 is 5.78 Å². The largest absolute Gasteiger partial charge is 0.299 e. The summed E-state index contributed by atoms with van der Waals surface area (Å²) >= 11 is 0. The minimum atomic E-state index is 0.0723. The Kier molecular flexibility index (Phi) is 3.71. The van der Waals surface area contributed by atoms with Crippen LogP contribution in [0.5, 0.6) is 0 Å². The van der Waals surface area contributed by atoms with E-state index in [1.807, 2.05) is 13.8 Å². The van der Waals surface area contributed by atoms with Gasteiger partial charge < -0.3 is 0 Å². The van der Waals surface area contributed by atoms with Crippen molar-refractivity contribution < 1.29 is 4.79 Å². The zero-order chi connectivity index (χ0) is 9.84. The lowest BCUT2D eigenvalue weighted by Gasteiger charge is -2.23. The van der Waals surface area contributed by atoms with Crippen LogP contribution < -0.4 is 0 Å². The fourth-order valence-corrected chi connectivity index (χ4v) is 1.98. The van der Waals surface area contributed by atoms with Crippen molar-refractivity contribution in [3.8, 4) is 0 Å². The van der Waals surface area contributed by atoms with Crippen molar-refractivity contribution in [2.24, 2.45) is 11.8 Å². The van der Waals surface area contributed by atoms with Crippen LogP contribution in [0.15, 0.2) is 12.2 Å². The second-order valence-electron chi connectivity index (χ2n) is 4.31. The second-order valence-corrected chi connectivity index (χ2v) is 4.31. The molecule has 0 N–H and O–H groups in total. The van der Waals surface area contributed by atoms with Crippen LogP contribution in [0.3, 0.4) is 0 Å². The summed E-state index contributed by atoms with van der Waals surface area (Å²) in [4.78, 5) is 11.9. The Morgan fingerprint density at radius 3 is 2.31 bits per heavy atom. The van der Waals surface area contributed by atoms with Crippen molar-refractivity contribution in [1.29, 1.82) is 0 Å². The molecule has 1 heteroatoms. The average Bonchev–Trinajstić information content (AvgIpc) is 2.17. The van der Waals surface area contributed by atoms with E-state index in [2.05, 4.69) is 6.58 Å². The molecule has 0 amide bonds. The summed E-state index contributed by atoms with van der Waals surface area (Å²) in [6, 6.07) is 0. The first kappa shape index (κ1) is 10.5. The molecule has 0 radical (unpaired) electrons. The van der Waals surface area contributed by atoms with E-state index >= 15 is 0 Å². The van der Waals surface area contributed by atoms with Crippen LogP contribution in [0, 0.1) is 11.8 Å². The summed E-state index contributed by atoms with van der Waals surface area (Å²) in [5.74, 6) is 0.829. The summed E-state index contributed by atoms with van der Waals surface area (Å²) in [5, 5.41) is 0. The maximum absolute atomic E-state index is 11.9. The predicted molar refractivity (Wildman–Crippen MR) is 55.6 cm³/mol. The van der Waals surface area contributed by atoms with Gasteiger partial charge in [-0.05, 0) is 19.8 Å². The zero-order valence-corrected chi connectivity index (χ0v) is 8.81. The summed E-state index contributed by atoms with van der Waals surface area (Å²) in [6.45, 7) is 7.79. The number of allylic oxidation sites excluding steroid dienone is 1. The fourth-order valence-electron chi connectivity index (χ4n) is 1.98. The molecule has 1 aliphatic carbocycles. The Morgan fingerprint density at radius 2 is 1.85 bits per heavy atom. The normalized spacial score (nSPS) is 21.1. The first-order chi connectivity index (χ1) is 6.13. The molecule has 74 valence electrons. The lowest BCUT2D eigenvalue weighted by Crippen LogP contribution is -2.24. The van der Waals surface area contributed by atoms with Crippen molar-refractivity contribution in [2.75, 3.05) is 0 Å². The monoisotopic (exact) mass is 180 g/mol. The lowest BCUT2D eigenvalue weighted by atomic mass is 9.80. The molecule has 1 nitrogen and oxygen atoms in total. The fraction of sp³-hybridized carbons (Fsp3) is 0.750. The molecule has 1 saturated carbocycles. The van der Waals surface area contributed by atoms with Gasteiger partial charge in [0.25, 0.3) is 0 Å². The van der Waals surface area contributed by atoms with E-state index in [4.69, 9.17) is 0 Å². The Hall–Kier alpha value is -0.590. The van der Waals surface area contributed by atoms with E-state index in [-0.39, 0.29) is 5.92 Å². The Morgan fingerprint density at radius 1 is 1.31 bits per heavy atom. The highest BCUT2D eigenvalue weighted by Crippen LogP contribution is 2.28. The van der Waals surface area contributed by atoms with E-state index in [0.717, 1.165) is 18.4 Å².